The zero-order valence-corrected chi connectivity index (χ0v) is 18.4. The molecule has 0 amide bonds. The largest absolute Gasteiger partial charge is 0.228 e. The van der Waals surface area contributed by atoms with E-state index in [1.54, 1.807) is 0 Å². The van der Waals surface area contributed by atoms with Crippen LogP contribution in [0.25, 0.3) is 45.0 Å². The summed E-state index contributed by atoms with van der Waals surface area (Å²) in [5.74, 6) is 0.669. The van der Waals surface area contributed by atoms with E-state index in [2.05, 4.69) is 43.3 Å². The molecule has 0 saturated heterocycles. The van der Waals surface area contributed by atoms with Gasteiger partial charge in [-0.05, 0) is 41.8 Å². The molecule has 1 aromatic heterocycles. The maximum Gasteiger partial charge on any atom is 0.160 e. The molecule has 0 N–H and O–H groups in total. The van der Waals surface area contributed by atoms with Gasteiger partial charge < -0.3 is 0 Å². The van der Waals surface area contributed by atoms with E-state index in [9.17, 15) is 0 Å². The Morgan fingerprint density at radius 3 is 1.47 bits per heavy atom. The van der Waals surface area contributed by atoms with Gasteiger partial charge in [0.2, 0.25) is 0 Å². The standard InChI is InChI=1S/C29H21ClN2/c1-20-25(21-11-5-2-6-12-21)17-24(30)18-26(20)29-31-27(22-13-7-3-8-14-22)19-28(32-29)23-15-9-4-10-16-23/h2-19H,1H3. The van der Waals surface area contributed by atoms with Gasteiger partial charge in [0.25, 0.3) is 0 Å². The molecule has 0 unspecified atom stereocenters. The van der Waals surface area contributed by atoms with E-state index >= 15 is 0 Å². The Morgan fingerprint density at radius 1 is 0.531 bits per heavy atom. The zero-order chi connectivity index (χ0) is 21.9. The molecule has 5 rings (SSSR count). The first-order chi connectivity index (χ1) is 15.7. The van der Waals surface area contributed by atoms with Gasteiger partial charge in [-0.2, -0.15) is 0 Å². The molecular weight excluding hydrogens is 412 g/mol. The molecule has 0 aliphatic heterocycles. The zero-order valence-electron chi connectivity index (χ0n) is 17.7. The highest BCUT2D eigenvalue weighted by atomic mass is 35.5. The lowest BCUT2D eigenvalue weighted by atomic mass is 9.95. The van der Waals surface area contributed by atoms with Crippen molar-refractivity contribution in [2.75, 3.05) is 0 Å². The normalized spacial score (nSPS) is 10.8. The van der Waals surface area contributed by atoms with Crippen molar-refractivity contribution < 1.29 is 0 Å². The van der Waals surface area contributed by atoms with Crippen LogP contribution in [0.2, 0.25) is 5.02 Å². The average molecular weight is 433 g/mol. The molecule has 0 fully saturated rings. The van der Waals surface area contributed by atoms with Crippen molar-refractivity contribution >= 4 is 11.6 Å². The predicted octanol–water partition coefficient (Wildman–Crippen LogP) is 8.11. The van der Waals surface area contributed by atoms with Crippen molar-refractivity contribution in [3.63, 3.8) is 0 Å². The summed E-state index contributed by atoms with van der Waals surface area (Å²) in [7, 11) is 0. The summed E-state index contributed by atoms with van der Waals surface area (Å²) in [6.45, 7) is 2.11. The summed E-state index contributed by atoms with van der Waals surface area (Å²) in [4.78, 5) is 9.93. The van der Waals surface area contributed by atoms with Gasteiger partial charge in [-0.15, -0.1) is 0 Å². The van der Waals surface area contributed by atoms with Crippen LogP contribution in [-0.4, -0.2) is 9.97 Å². The van der Waals surface area contributed by atoms with Crippen LogP contribution in [0.4, 0.5) is 0 Å². The van der Waals surface area contributed by atoms with Crippen LogP contribution in [0.1, 0.15) is 5.56 Å². The van der Waals surface area contributed by atoms with E-state index < -0.39 is 0 Å². The molecule has 4 aromatic carbocycles. The van der Waals surface area contributed by atoms with Crippen LogP contribution >= 0.6 is 11.6 Å². The minimum absolute atomic E-state index is 0.666. The number of aromatic nitrogens is 2. The first-order valence-corrected chi connectivity index (χ1v) is 10.9. The second-order valence-electron chi connectivity index (χ2n) is 7.69. The first kappa shape index (κ1) is 20.2. The molecule has 5 aromatic rings. The van der Waals surface area contributed by atoms with Crippen molar-refractivity contribution in [3.8, 4) is 45.0 Å². The molecule has 2 nitrogen and oxygen atoms in total. The Hall–Kier alpha value is -3.75. The lowest BCUT2D eigenvalue weighted by Crippen LogP contribution is -1.98. The summed E-state index contributed by atoms with van der Waals surface area (Å²) in [5, 5.41) is 0.666. The lowest BCUT2D eigenvalue weighted by molar-refractivity contribution is 1.17. The highest BCUT2D eigenvalue weighted by molar-refractivity contribution is 6.31. The van der Waals surface area contributed by atoms with E-state index in [1.807, 2.05) is 72.8 Å². The Balaban J connectivity index is 1.74. The third-order valence-corrected chi connectivity index (χ3v) is 5.78. The summed E-state index contributed by atoms with van der Waals surface area (Å²) in [6, 6.07) is 36.7. The highest BCUT2D eigenvalue weighted by Gasteiger charge is 2.15. The van der Waals surface area contributed by atoms with Gasteiger partial charge in [-0.3, -0.25) is 0 Å². The molecular formula is C29H21ClN2. The van der Waals surface area contributed by atoms with Gasteiger partial charge in [-0.1, -0.05) is 103 Å². The molecule has 154 valence electrons. The van der Waals surface area contributed by atoms with Gasteiger partial charge in [0.05, 0.1) is 11.4 Å². The summed E-state index contributed by atoms with van der Waals surface area (Å²) < 4.78 is 0. The summed E-state index contributed by atoms with van der Waals surface area (Å²) in [5.41, 5.74) is 8.12. The molecule has 1 heterocycles. The van der Waals surface area contributed by atoms with Crippen LogP contribution in [0.15, 0.2) is 109 Å². The van der Waals surface area contributed by atoms with Crippen LogP contribution in [0.5, 0.6) is 0 Å². The number of nitrogens with zero attached hydrogens (tertiary/aromatic N) is 2. The van der Waals surface area contributed by atoms with Crippen molar-refractivity contribution in [3.05, 3.63) is 120 Å². The van der Waals surface area contributed by atoms with Crippen molar-refractivity contribution in [1.29, 1.82) is 0 Å². The first-order valence-electron chi connectivity index (χ1n) is 10.5. The van der Waals surface area contributed by atoms with Crippen LogP contribution in [-0.2, 0) is 0 Å². The topological polar surface area (TPSA) is 25.8 Å². The van der Waals surface area contributed by atoms with E-state index in [-0.39, 0.29) is 0 Å². The monoisotopic (exact) mass is 432 g/mol. The fourth-order valence-electron chi connectivity index (χ4n) is 3.91. The Kier molecular flexibility index (Phi) is 5.53. The Bertz CT molecular complexity index is 1310. The molecule has 0 aliphatic rings. The third-order valence-electron chi connectivity index (χ3n) is 5.56. The average Bonchev–Trinajstić information content (AvgIpc) is 2.86. The van der Waals surface area contributed by atoms with E-state index in [0.29, 0.717) is 10.8 Å². The number of rotatable bonds is 4. The Morgan fingerprint density at radius 2 is 0.969 bits per heavy atom. The van der Waals surface area contributed by atoms with Gasteiger partial charge >= 0.3 is 0 Å². The quantitative estimate of drug-likeness (QED) is 0.286. The second-order valence-corrected chi connectivity index (χ2v) is 8.12. The van der Waals surface area contributed by atoms with Gasteiger partial charge in [0.15, 0.2) is 5.82 Å². The van der Waals surface area contributed by atoms with Crippen molar-refractivity contribution in [2.24, 2.45) is 0 Å². The van der Waals surface area contributed by atoms with Gasteiger partial charge in [0.1, 0.15) is 0 Å². The lowest BCUT2D eigenvalue weighted by Gasteiger charge is -2.14. The molecule has 0 bridgehead atoms. The smallest absolute Gasteiger partial charge is 0.160 e. The second kappa shape index (κ2) is 8.78. The van der Waals surface area contributed by atoms with Gasteiger partial charge in [0, 0.05) is 21.7 Å². The fourth-order valence-corrected chi connectivity index (χ4v) is 4.13. The van der Waals surface area contributed by atoms with Gasteiger partial charge in [-0.25, -0.2) is 9.97 Å². The predicted molar refractivity (Wildman–Crippen MR) is 134 cm³/mol. The van der Waals surface area contributed by atoms with E-state index in [0.717, 1.165) is 44.8 Å². The molecule has 0 atom stereocenters. The number of hydrogen-bond acceptors (Lipinski definition) is 2. The van der Waals surface area contributed by atoms with Crippen molar-refractivity contribution in [2.45, 2.75) is 6.92 Å². The number of halogens is 1. The maximum atomic E-state index is 6.58. The Labute approximate surface area is 193 Å². The molecule has 0 spiro atoms. The minimum Gasteiger partial charge on any atom is -0.228 e. The number of benzene rings is 4. The molecule has 32 heavy (non-hydrogen) atoms. The summed E-state index contributed by atoms with van der Waals surface area (Å²) >= 11 is 6.58. The minimum atomic E-state index is 0.666. The molecule has 3 heteroatoms. The van der Waals surface area contributed by atoms with E-state index in [1.165, 1.54) is 0 Å². The molecule has 0 radical (unpaired) electrons. The highest BCUT2D eigenvalue weighted by Crippen LogP contribution is 2.35. The van der Waals surface area contributed by atoms with Crippen LogP contribution < -0.4 is 0 Å². The molecule has 0 saturated carbocycles. The van der Waals surface area contributed by atoms with Crippen molar-refractivity contribution in [1.82, 2.24) is 9.97 Å². The SMILES string of the molecule is Cc1c(-c2ccccc2)cc(Cl)cc1-c1nc(-c2ccccc2)cc(-c2ccccc2)n1. The number of hydrogen-bond donors (Lipinski definition) is 0. The van der Waals surface area contributed by atoms with Crippen LogP contribution in [0, 0.1) is 6.92 Å². The maximum absolute atomic E-state index is 6.58. The third kappa shape index (κ3) is 4.05. The van der Waals surface area contributed by atoms with E-state index in [4.69, 9.17) is 21.6 Å². The van der Waals surface area contributed by atoms with Crippen LogP contribution in [0.3, 0.4) is 0 Å². The molecule has 0 aliphatic carbocycles. The fraction of sp³-hybridized carbons (Fsp3) is 0.0345. The summed E-state index contributed by atoms with van der Waals surface area (Å²) in [6.07, 6.45) is 0.